The summed E-state index contributed by atoms with van der Waals surface area (Å²) >= 11 is 5.72. The molecule has 1 heterocycles. The molecule has 0 atom stereocenters. The lowest BCUT2D eigenvalue weighted by Crippen LogP contribution is -2.29. The van der Waals surface area contributed by atoms with Gasteiger partial charge in [-0.3, -0.25) is 4.79 Å². The molecule has 0 saturated heterocycles. The van der Waals surface area contributed by atoms with Gasteiger partial charge in [0.05, 0.1) is 0 Å². The molecule has 0 spiro atoms. The third-order valence-electron chi connectivity index (χ3n) is 2.12. The number of rotatable bonds is 5. The summed E-state index contributed by atoms with van der Waals surface area (Å²) in [4.78, 5) is 17.4. The van der Waals surface area contributed by atoms with Gasteiger partial charge in [0.1, 0.15) is 10.8 Å². The number of carbonyl (C=O) groups is 1. The number of aromatic nitrogens is 1. The molecular weight excluding hydrogens is 228 g/mol. The van der Waals surface area contributed by atoms with Crippen molar-refractivity contribution in [2.75, 3.05) is 27.3 Å². The Labute approximate surface area is 100 Å². The van der Waals surface area contributed by atoms with Gasteiger partial charge in [0.15, 0.2) is 0 Å². The number of nitrogens with zero attached hydrogens (tertiary/aromatic N) is 2. The van der Waals surface area contributed by atoms with E-state index in [1.165, 1.54) is 0 Å². The van der Waals surface area contributed by atoms with E-state index in [1.54, 1.807) is 37.3 Å². The van der Waals surface area contributed by atoms with E-state index in [4.69, 9.17) is 16.3 Å². The second-order valence-corrected chi connectivity index (χ2v) is 3.81. The van der Waals surface area contributed by atoms with Gasteiger partial charge < -0.3 is 9.64 Å². The number of methoxy groups -OCH3 is 1. The quantitative estimate of drug-likeness (QED) is 0.585. The SMILES string of the molecule is COCCCN(C)C(=O)c1cccc(Cl)n1. The van der Waals surface area contributed by atoms with Crippen LogP contribution >= 0.6 is 11.6 Å². The first-order valence-electron chi connectivity index (χ1n) is 5.02. The van der Waals surface area contributed by atoms with Gasteiger partial charge >= 0.3 is 0 Å². The maximum absolute atomic E-state index is 11.9. The van der Waals surface area contributed by atoms with Crippen LogP contribution in [0, 0.1) is 0 Å². The smallest absolute Gasteiger partial charge is 0.272 e. The maximum Gasteiger partial charge on any atom is 0.272 e. The van der Waals surface area contributed by atoms with Crippen molar-refractivity contribution in [2.24, 2.45) is 0 Å². The van der Waals surface area contributed by atoms with Crippen LogP contribution in [0.2, 0.25) is 5.15 Å². The Morgan fingerprint density at radius 2 is 2.31 bits per heavy atom. The van der Waals surface area contributed by atoms with Gasteiger partial charge in [-0.2, -0.15) is 0 Å². The van der Waals surface area contributed by atoms with Crippen molar-refractivity contribution in [3.8, 4) is 0 Å². The molecule has 5 heteroatoms. The number of ether oxygens (including phenoxy) is 1. The van der Waals surface area contributed by atoms with Gasteiger partial charge in [0, 0.05) is 27.3 Å². The molecule has 1 aromatic rings. The second-order valence-electron chi connectivity index (χ2n) is 3.42. The Kier molecular flexibility index (Phi) is 5.22. The van der Waals surface area contributed by atoms with E-state index in [0.717, 1.165) is 6.42 Å². The van der Waals surface area contributed by atoms with Crippen LogP contribution in [0.1, 0.15) is 16.9 Å². The molecule has 0 saturated carbocycles. The fraction of sp³-hybridized carbons (Fsp3) is 0.455. The Morgan fingerprint density at radius 3 is 2.94 bits per heavy atom. The Hall–Kier alpha value is -1.13. The number of carbonyl (C=O) groups excluding carboxylic acids is 1. The van der Waals surface area contributed by atoms with Gasteiger partial charge in [-0.15, -0.1) is 0 Å². The molecule has 0 aliphatic carbocycles. The van der Waals surface area contributed by atoms with Crippen LogP contribution in [-0.4, -0.2) is 43.1 Å². The van der Waals surface area contributed by atoms with Gasteiger partial charge in [-0.25, -0.2) is 4.98 Å². The lowest BCUT2D eigenvalue weighted by atomic mass is 10.3. The summed E-state index contributed by atoms with van der Waals surface area (Å²) in [5.74, 6) is -0.126. The molecule has 0 fully saturated rings. The molecule has 4 nitrogen and oxygen atoms in total. The molecule has 88 valence electrons. The first kappa shape index (κ1) is 12.9. The minimum absolute atomic E-state index is 0.126. The lowest BCUT2D eigenvalue weighted by molar-refractivity contribution is 0.0773. The van der Waals surface area contributed by atoms with Crippen molar-refractivity contribution in [2.45, 2.75) is 6.42 Å². The molecular formula is C11H15ClN2O2. The Bertz CT molecular complexity index is 358. The number of amides is 1. The zero-order chi connectivity index (χ0) is 12.0. The molecule has 1 rings (SSSR count). The summed E-state index contributed by atoms with van der Waals surface area (Å²) in [6.07, 6.45) is 0.805. The van der Waals surface area contributed by atoms with Crippen molar-refractivity contribution in [1.29, 1.82) is 0 Å². The van der Waals surface area contributed by atoms with Crippen molar-refractivity contribution in [3.05, 3.63) is 29.0 Å². The van der Waals surface area contributed by atoms with Crippen LogP contribution in [-0.2, 0) is 4.74 Å². The molecule has 0 bridgehead atoms. The third kappa shape index (κ3) is 3.79. The van der Waals surface area contributed by atoms with Gasteiger partial charge in [0.2, 0.25) is 0 Å². The van der Waals surface area contributed by atoms with E-state index in [9.17, 15) is 4.79 Å². The molecule has 0 N–H and O–H groups in total. The predicted octanol–water partition coefficient (Wildman–Crippen LogP) is 1.84. The molecule has 0 radical (unpaired) electrons. The van der Waals surface area contributed by atoms with Crippen LogP contribution in [0.15, 0.2) is 18.2 Å². The highest BCUT2D eigenvalue weighted by molar-refractivity contribution is 6.29. The Balaban J connectivity index is 2.56. The summed E-state index contributed by atoms with van der Waals surface area (Å²) in [6.45, 7) is 1.28. The predicted molar refractivity (Wildman–Crippen MR) is 62.7 cm³/mol. The molecule has 0 aliphatic rings. The summed E-state index contributed by atoms with van der Waals surface area (Å²) in [5.41, 5.74) is 0.368. The number of hydrogen-bond donors (Lipinski definition) is 0. The van der Waals surface area contributed by atoms with Crippen LogP contribution in [0.3, 0.4) is 0 Å². The number of pyridine rings is 1. The Morgan fingerprint density at radius 1 is 1.56 bits per heavy atom. The topological polar surface area (TPSA) is 42.4 Å². The van der Waals surface area contributed by atoms with E-state index in [1.807, 2.05) is 0 Å². The first-order chi connectivity index (χ1) is 7.65. The van der Waals surface area contributed by atoms with Crippen molar-refractivity contribution in [1.82, 2.24) is 9.88 Å². The molecule has 1 amide bonds. The van der Waals surface area contributed by atoms with Crippen molar-refractivity contribution < 1.29 is 9.53 Å². The fourth-order valence-electron chi connectivity index (χ4n) is 1.27. The summed E-state index contributed by atoms with van der Waals surface area (Å²) in [5, 5.41) is 0.330. The summed E-state index contributed by atoms with van der Waals surface area (Å²) in [7, 11) is 3.38. The molecule has 16 heavy (non-hydrogen) atoms. The zero-order valence-corrected chi connectivity index (χ0v) is 10.2. The van der Waals surface area contributed by atoms with E-state index >= 15 is 0 Å². The minimum Gasteiger partial charge on any atom is -0.385 e. The van der Waals surface area contributed by atoms with E-state index < -0.39 is 0 Å². The summed E-state index contributed by atoms with van der Waals surface area (Å²) < 4.78 is 4.92. The first-order valence-corrected chi connectivity index (χ1v) is 5.40. The van der Waals surface area contributed by atoms with E-state index in [-0.39, 0.29) is 5.91 Å². The number of hydrogen-bond acceptors (Lipinski definition) is 3. The lowest BCUT2D eigenvalue weighted by Gasteiger charge is -2.16. The van der Waals surface area contributed by atoms with E-state index in [2.05, 4.69) is 4.98 Å². The zero-order valence-electron chi connectivity index (χ0n) is 9.44. The van der Waals surface area contributed by atoms with Crippen LogP contribution in [0.4, 0.5) is 0 Å². The highest BCUT2D eigenvalue weighted by Gasteiger charge is 2.12. The number of halogens is 1. The van der Waals surface area contributed by atoms with Crippen molar-refractivity contribution in [3.63, 3.8) is 0 Å². The minimum atomic E-state index is -0.126. The fourth-order valence-corrected chi connectivity index (χ4v) is 1.43. The average molecular weight is 243 g/mol. The maximum atomic E-state index is 11.9. The largest absolute Gasteiger partial charge is 0.385 e. The van der Waals surface area contributed by atoms with Gasteiger partial charge in [-0.05, 0) is 18.6 Å². The highest BCUT2D eigenvalue weighted by atomic mass is 35.5. The second kappa shape index (κ2) is 6.45. The average Bonchev–Trinajstić information content (AvgIpc) is 2.28. The van der Waals surface area contributed by atoms with Gasteiger partial charge in [-0.1, -0.05) is 17.7 Å². The van der Waals surface area contributed by atoms with Gasteiger partial charge in [0.25, 0.3) is 5.91 Å². The van der Waals surface area contributed by atoms with Crippen LogP contribution < -0.4 is 0 Å². The molecule has 0 aliphatic heterocycles. The van der Waals surface area contributed by atoms with Crippen LogP contribution in [0.25, 0.3) is 0 Å². The normalized spacial score (nSPS) is 10.2. The van der Waals surface area contributed by atoms with Crippen molar-refractivity contribution >= 4 is 17.5 Å². The standard InChI is InChI=1S/C11H15ClN2O2/c1-14(7-4-8-16-2)11(15)9-5-3-6-10(12)13-9/h3,5-6H,4,7-8H2,1-2H3. The van der Waals surface area contributed by atoms with E-state index in [0.29, 0.717) is 24.0 Å². The molecule has 0 aromatic carbocycles. The third-order valence-corrected chi connectivity index (χ3v) is 2.33. The molecule has 1 aromatic heterocycles. The summed E-state index contributed by atoms with van der Waals surface area (Å²) in [6, 6.07) is 5.01. The molecule has 0 unspecified atom stereocenters. The van der Waals surface area contributed by atoms with Crippen LogP contribution in [0.5, 0.6) is 0 Å². The monoisotopic (exact) mass is 242 g/mol. The highest BCUT2D eigenvalue weighted by Crippen LogP contribution is 2.07.